The Balaban J connectivity index is 2.13. The van der Waals surface area contributed by atoms with Crippen molar-refractivity contribution in [3.8, 4) is 0 Å². The molecule has 0 spiro atoms. The second kappa shape index (κ2) is 6.33. The van der Waals surface area contributed by atoms with Crippen LogP contribution in [0, 0.1) is 29.4 Å². The molecule has 1 aliphatic rings. The maximum Gasteiger partial charge on any atom is 0.306 e. The van der Waals surface area contributed by atoms with Gasteiger partial charge in [0.05, 0.1) is 5.92 Å². The molecular formula is C16H20F2O2. The van der Waals surface area contributed by atoms with Crippen molar-refractivity contribution in [1.29, 1.82) is 0 Å². The van der Waals surface area contributed by atoms with Gasteiger partial charge in [0, 0.05) is 0 Å². The second-order valence-electron chi connectivity index (χ2n) is 5.74. The van der Waals surface area contributed by atoms with Gasteiger partial charge in [-0.2, -0.15) is 0 Å². The van der Waals surface area contributed by atoms with E-state index in [9.17, 15) is 18.7 Å². The largest absolute Gasteiger partial charge is 0.481 e. The van der Waals surface area contributed by atoms with Gasteiger partial charge in [0.2, 0.25) is 0 Å². The molecule has 1 saturated carbocycles. The lowest BCUT2D eigenvalue weighted by atomic mass is 9.71. The Morgan fingerprint density at radius 1 is 1.30 bits per heavy atom. The third kappa shape index (κ3) is 3.35. The third-order valence-corrected chi connectivity index (χ3v) is 4.47. The van der Waals surface area contributed by atoms with Crippen LogP contribution in [0.1, 0.15) is 38.2 Å². The lowest BCUT2D eigenvalue weighted by Gasteiger charge is -2.33. The fourth-order valence-corrected chi connectivity index (χ4v) is 3.25. The van der Waals surface area contributed by atoms with Crippen LogP contribution in [-0.4, -0.2) is 11.1 Å². The van der Waals surface area contributed by atoms with E-state index in [1.807, 2.05) is 0 Å². The summed E-state index contributed by atoms with van der Waals surface area (Å²) in [6.45, 7) is 2.11. The molecule has 3 unspecified atom stereocenters. The quantitative estimate of drug-likeness (QED) is 0.905. The normalized spacial score (nSPS) is 26.4. The summed E-state index contributed by atoms with van der Waals surface area (Å²) in [6.07, 6.45) is 4.03. The standard InChI is InChI=1S/C16H20F2O2/c1-2-10-3-5-13(16(19)20)12(7-10)8-11-4-6-14(17)15(18)9-11/h4,6,9-10,12-13H,2-3,5,7-8H2,1H3,(H,19,20). The Hall–Kier alpha value is -1.45. The molecule has 2 nitrogen and oxygen atoms in total. The first-order valence-electron chi connectivity index (χ1n) is 7.18. The van der Waals surface area contributed by atoms with Crippen LogP contribution < -0.4 is 0 Å². The van der Waals surface area contributed by atoms with Gasteiger partial charge >= 0.3 is 5.97 Å². The molecule has 0 amide bonds. The molecule has 1 aromatic carbocycles. The highest BCUT2D eigenvalue weighted by Crippen LogP contribution is 2.37. The van der Waals surface area contributed by atoms with Crippen molar-refractivity contribution in [2.75, 3.05) is 0 Å². The number of halogens is 2. The molecule has 0 aromatic heterocycles. The van der Waals surface area contributed by atoms with Gasteiger partial charge in [0.1, 0.15) is 0 Å². The molecule has 1 fully saturated rings. The Morgan fingerprint density at radius 2 is 2.05 bits per heavy atom. The van der Waals surface area contributed by atoms with Gasteiger partial charge in [-0.05, 0) is 55.2 Å². The first-order valence-corrected chi connectivity index (χ1v) is 7.18. The van der Waals surface area contributed by atoms with Crippen molar-refractivity contribution < 1.29 is 18.7 Å². The topological polar surface area (TPSA) is 37.3 Å². The highest BCUT2D eigenvalue weighted by molar-refractivity contribution is 5.70. The van der Waals surface area contributed by atoms with Crippen LogP contribution in [0.25, 0.3) is 0 Å². The van der Waals surface area contributed by atoms with Crippen molar-refractivity contribution in [3.05, 3.63) is 35.4 Å². The van der Waals surface area contributed by atoms with E-state index in [0.717, 1.165) is 25.3 Å². The average Bonchev–Trinajstić information content (AvgIpc) is 2.42. The fourth-order valence-electron chi connectivity index (χ4n) is 3.25. The molecule has 2 rings (SSSR count). The maximum atomic E-state index is 13.2. The Kier molecular flexibility index (Phi) is 4.73. The number of carboxylic acids is 1. The molecule has 110 valence electrons. The third-order valence-electron chi connectivity index (χ3n) is 4.47. The van der Waals surface area contributed by atoms with E-state index in [1.165, 1.54) is 6.07 Å². The average molecular weight is 282 g/mol. The predicted octanol–water partition coefficient (Wildman–Crippen LogP) is 4.03. The van der Waals surface area contributed by atoms with Crippen LogP contribution in [0.5, 0.6) is 0 Å². The minimum absolute atomic E-state index is 0.0102. The van der Waals surface area contributed by atoms with Gasteiger partial charge < -0.3 is 5.11 Å². The molecule has 1 aliphatic carbocycles. The lowest BCUT2D eigenvalue weighted by Crippen LogP contribution is -2.32. The molecule has 0 bridgehead atoms. The van der Waals surface area contributed by atoms with Crippen molar-refractivity contribution in [1.82, 2.24) is 0 Å². The van der Waals surface area contributed by atoms with Crippen LogP contribution in [0.3, 0.4) is 0 Å². The van der Waals surface area contributed by atoms with Crippen molar-refractivity contribution in [3.63, 3.8) is 0 Å². The first kappa shape index (κ1) is 14.9. The summed E-state index contributed by atoms with van der Waals surface area (Å²) in [6, 6.07) is 3.84. The van der Waals surface area contributed by atoms with Gasteiger partial charge in [-0.15, -0.1) is 0 Å². The molecule has 0 heterocycles. The van der Waals surface area contributed by atoms with Crippen LogP contribution in [0.2, 0.25) is 0 Å². The molecule has 20 heavy (non-hydrogen) atoms. The van der Waals surface area contributed by atoms with Crippen molar-refractivity contribution in [2.24, 2.45) is 17.8 Å². The minimum atomic E-state index is -0.864. The zero-order chi connectivity index (χ0) is 14.7. The minimum Gasteiger partial charge on any atom is -0.481 e. The summed E-state index contributed by atoms with van der Waals surface area (Å²) >= 11 is 0. The van der Waals surface area contributed by atoms with Crippen molar-refractivity contribution >= 4 is 5.97 Å². The molecule has 0 aliphatic heterocycles. The lowest BCUT2D eigenvalue weighted by molar-refractivity contribution is -0.145. The number of hydrogen-bond acceptors (Lipinski definition) is 1. The highest BCUT2D eigenvalue weighted by Gasteiger charge is 2.34. The molecule has 1 N–H and O–H groups in total. The summed E-state index contributed by atoms with van der Waals surface area (Å²) in [4.78, 5) is 11.3. The van der Waals surface area contributed by atoms with Crippen LogP contribution in [-0.2, 0) is 11.2 Å². The Bertz CT molecular complexity index is 487. The van der Waals surface area contributed by atoms with Gasteiger partial charge in [0.25, 0.3) is 0 Å². The molecule has 4 heteroatoms. The highest BCUT2D eigenvalue weighted by atomic mass is 19.2. The van der Waals surface area contributed by atoms with Gasteiger partial charge in [-0.25, -0.2) is 8.78 Å². The van der Waals surface area contributed by atoms with E-state index < -0.39 is 17.6 Å². The molecule has 0 saturated heterocycles. The van der Waals surface area contributed by atoms with E-state index in [1.54, 1.807) is 6.07 Å². The second-order valence-corrected chi connectivity index (χ2v) is 5.74. The monoisotopic (exact) mass is 282 g/mol. The number of benzene rings is 1. The number of carboxylic acid groups (broad SMARTS) is 1. The van der Waals surface area contributed by atoms with Crippen LogP contribution in [0.4, 0.5) is 8.78 Å². The number of hydrogen-bond donors (Lipinski definition) is 1. The Morgan fingerprint density at radius 3 is 2.65 bits per heavy atom. The smallest absolute Gasteiger partial charge is 0.306 e. The van der Waals surface area contributed by atoms with Crippen LogP contribution in [0.15, 0.2) is 18.2 Å². The van der Waals surface area contributed by atoms with Crippen molar-refractivity contribution in [2.45, 2.75) is 39.0 Å². The summed E-state index contributed by atoms with van der Waals surface area (Å²) in [5.74, 6) is -2.31. The number of carbonyl (C=O) groups is 1. The molecule has 0 radical (unpaired) electrons. The SMILES string of the molecule is CCC1CCC(C(=O)O)C(Cc2ccc(F)c(F)c2)C1. The summed E-state index contributed by atoms with van der Waals surface area (Å²) in [5, 5.41) is 9.31. The summed E-state index contributed by atoms with van der Waals surface area (Å²) in [7, 11) is 0. The van der Waals surface area contributed by atoms with Gasteiger partial charge in [-0.3, -0.25) is 4.79 Å². The van der Waals surface area contributed by atoms with Crippen LogP contribution >= 0.6 is 0 Å². The molecular weight excluding hydrogens is 262 g/mol. The molecule has 1 aromatic rings. The number of aliphatic carboxylic acids is 1. The predicted molar refractivity (Wildman–Crippen MR) is 72.3 cm³/mol. The van der Waals surface area contributed by atoms with Gasteiger partial charge in [-0.1, -0.05) is 19.4 Å². The maximum absolute atomic E-state index is 13.2. The van der Waals surface area contributed by atoms with E-state index in [0.29, 0.717) is 24.3 Å². The number of rotatable bonds is 4. The van der Waals surface area contributed by atoms with E-state index in [4.69, 9.17) is 0 Å². The fraction of sp³-hybridized carbons (Fsp3) is 0.562. The first-order chi connectivity index (χ1) is 9.51. The van der Waals surface area contributed by atoms with E-state index >= 15 is 0 Å². The van der Waals surface area contributed by atoms with Gasteiger partial charge in [0.15, 0.2) is 11.6 Å². The Labute approximate surface area is 117 Å². The van der Waals surface area contributed by atoms with E-state index in [-0.39, 0.29) is 11.8 Å². The summed E-state index contributed by atoms with van der Waals surface area (Å²) in [5.41, 5.74) is 0.678. The zero-order valence-corrected chi connectivity index (χ0v) is 11.6. The van der Waals surface area contributed by atoms with E-state index in [2.05, 4.69) is 6.92 Å². The molecule has 3 atom stereocenters. The summed E-state index contributed by atoms with van der Waals surface area (Å²) < 4.78 is 26.2. The zero-order valence-electron chi connectivity index (χ0n) is 11.6.